The molecule has 0 saturated carbocycles. The first-order valence-corrected chi connectivity index (χ1v) is 13.5. The van der Waals surface area contributed by atoms with Gasteiger partial charge in [0.15, 0.2) is 0 Å². The van der Waals surface area contributed by atoms with Gasteiger partial charge in [0.05, 0.1) is 0 Å². The van der Waals surface area contributed by atoms with Crippen molar-refractivity contribution in [2.45, 2.75) is 0 Å². The second-order valence-electron chi connectivity index (χ2n) is 8.75. The van der Waals surface area contributed by atoms with E-state index in [9.17, 15) is 0 Å². The maximum Gasteiger partial charge on any atom is 0.0221 e. The lowest BCUT2D eigenvalue weighted by molar-refractivity contribution is 1.63. The topological polar surface area (TPSA) is 0 Å². The van der Waals surface area contributed by atoms with E-state index in [0.29, 0.717) is 0 Å². The van der Waals surface area contributed by atoms with Crippen molar-refractivity contribution in [2.75, 3.05) is 0 Å². The molecule has 0 saturated heterocycles. The minimum absolute atomic E-state index is 1.27. The van der Waals surface area contributed by atoms with E-state index in [2.05, 4.69) is 154 Å². The summed E-state index contributed by atoms with van der Waals surface area (Å²) in [5, 5.41) is 10.7. The average Bonchev–Trinajstić information content (AvgIpc) is 2.87. The summed E-state index contributed by atoms with van der Waals surface area (Å²) >= 11 is 5.05. The molecular formula is C32H18I2. The van der Waals surface area contributed by atoms with Crippen LogP contribution in [0.3, 0.4) is 0 Å². The van der Waals surface area contributed by atoms with E-state index in [4.69, 9.17) is 0 Å². The van der Waals surface area contributed by atoms with Gasteiger partial charge in [-0.25, -0.2) is 0 Å². The smallest absolute Gasteiger partial charge is 0.0221 e. The molecule has 0 spiro atoms. The largest absolute Gasteiger partial charge is 0.0622 e. The van der Waals surface area contributed by atoms with Gasteiger partial charge < -0.3 is 0 Å². The maximum absolute atomic E-state index is 2.52. The van der Waals surface area contributed by atoms with Crippen molar-refractivity contribution >= 4 is 88.3 Å². The highest BCUT2D eigenvalue weighted by atomic mass is 127. The van der Waals surface area contributed by atoms with Crippen molar-refractivity contribution in [3.8, 4) is 22.3 Å². The van der Waals surface area contributed by atoms with Gasteiger partial charge in [-0.15, -0.1) is 0 Å². The highest BCUT2D eigenvalue weighted by Gasteiger charge is 2.20. The van der Waals surface area contributed by atoms with Crippen molar-refractivity contribution < 1.29 is 0 Å². The van der Waals surface area contributed by atoms with E-state index in [0.717, 1.165) is 0 Å². The number of hydrogen-bond donors (Lipinski definition) is 0. The second-order valence-corrected chi connectivity index (χ2v) is 11.1. The molecule has 0 aliphatic heterocycles. The van der Waals surface area contributed by atoms with Gasteiger partial charge in [0.1, 0.15) is 0 Å². The molecule has 0 aliphatic rings. The first kappa shape index (κ1) is 20.7. The molecule has 0 N–H and O–H groups in total. The summed E-state index contributed by atoms with van der Waals surface area (Å²) in [7, 11) is 0. The third-order valence-electron chi connectivity index (χ3n) is 6.93. The fourth-order valence-electron chi connectivity index (χ4n) is 5.57. The van der Waals surface area contributed by atoms with Gasteiger partial charge in [0.25, 0.3) is 0 Å². The van der Waals surface area contributed by atoms with Gasteiger partial charge in [-0.05, 0) is 112 Å². The third kappa shape index (κ3) is 2.94. The molecule has 0 heterocycles. The molecule has 0 aliphatic carbocycles. The Morgan fingerprint density at radius 1 is 0.353 bits per heavy atom. The Hall–Kier alpha value is -2.70. The van der Waals surface area contributed by atoms with Crippen molar-refractivity contribution in [1.82, 2.24) is 0 Å². The number of hydrogen-bond acceptors (Lipinski definition) is 0. The summed E-state index contributed by atoms with van der Waals surface area (Å²) in [6.45, 7) is 0. The Labute approximate surface area is 225 Å². The van der Waals surface area contributed by atoms with Gasteiger partial charge in [0.2, 0.25) is 0 Å². The first-order valence-electron chi connectivity index (χ1n) is 11.3. The van der Waals surface area contributed by atoms with Crippen LogP contribution in [0.2, 0.25) is 0 Å². The van der Waals surface area contributed by atoms with Gasteiger partial charge >= 0.3 is 0 Å². The quantitative estimate of drug-likeness (QED) is 0.0988. The van der Waals surface area contributed by atoms with E-state index in [1.807, 2.05) is 0 Å². The predicted molar refractivity (Wildman–Crippen MR) is 164 cm³/mol. The Balaban J connectivity index is 1.71. The number of fused-ring (bicyclic) bond motifs is 2. The normalized spacial score (nSPS) is 11.8. The molecule has 0 fully saturated rings. The van der Waals surface area contributed by atoms with Crippen molar-refractivity contribution in [1.29, 1.82) is 0 Å². The van der Waals surface area contributed by atoms with Crippen molar-refractivity contribution in [3.05, 3.63) is 116 Å². The van der Waals surface area contributed by atoms with Crippen LogP contribution in [0.1, 0.15) is 0 Å². The number of halogens is 2. The Morgan fingerprint density at radius 3 is 1.15 bits per heavy atom. The fraction of sp³-hybridized carbons (Fsp3) is 0. The van der Waals surface area contributed by atoms with Gasteiger partial charge in [-0.1, -0.05) is 97.1 Å². The van der Waals surface area contributed by atoms with E-state index in [1.54, 1.807) is 0 Å². The van der Waals surface area contributed by atoms with Gasteiger partial charge in [0, 0.05) is 18.3 Å². The number of benzene rings is 7. The molecule has 7 aromatic carbocycles. The molecule has 34 heavy (non-hydrogen) atoms. The minimum atomic E-state index is 1.27. The summed E-state index contributed by atoms with van der Waals surface area (Å²) in [5.41, 5.74) is 5.20. The molecule has 160 valence electrons. The van der Waals surface area contributed by atoms with E-state index >= 15 is 0 Å². The standard InChI is InChI=1S/C32H18I2/c33-27-17-25-22-14-8-16-24-30(20-11-5-2-6-12-20)28(34)18-26(32(22)24)21-13-7-15-23(31(21)25)29(27)19-9-3-1-4-10-19/h1-18H. The fourth-order valence-corrected chi connectivity index (χ4v) is 7.40. The first-order chi connectivity index (χ1) is 16.7. The molecule has 0 amide bonds. The van der Waals surface area contributed by atoms with Crippen LogP contribution < -0.4 is 0 Å². The molecule has 7 aromatic rings. The summed E-state index contributed by atoms with van der Waals surface area (Å²) in [4.78, 5) is 0. The second kappa shape index (κ2) is 7.92. The predicted octanol–water partition coefficient (Wildman–Crippen LogP) is 10.3. The van der Waals surface area contributed by atoms with Crippen LogP contribution in [-0.4, -0.2) is 0 Å². The Morgan fingerprint density at radius 2 is 0.735 bits per heavy atom. The van der Waals surface area contributed by atoms with Crippen LogP contribution in [-0.2, 0) is 0 Å². The van der Waals surface area contributed by atoms with Crippen LogP contribution in [0.5, 0.6) is 0 Å². The Bertz CT molecular complexity index is 1710. The van der Waals surface area contributed by atoms with Crippen LogP contribution in [0.4, 0.5) is 0 Å². The van der Waals surface area contributed by atoms with Crippen molar-refractivity contribution in [2.24, 2.45) is 0 Å². The molecule has 2 heteroatoms. The highest BCUT2D eigenvalue weighted by Crippen LogP contribution is 2.47. The zero-order valence-electron chi connectivity index (χ0n) is 18.1. The lowest BCUT2D eigenvalue weighted by atomic mass is 9.85. The molecule has 0 nitrogen and oxygen atoms in total. The SMILES string of the molecule is Ic1cc2c3cccc4c(-c5ccccc5)c(I)cc(c5cccc(c1-c1ccccc1)c52)c43. The number of rotatable bonds is 2. The molecule has 7 rings (SSSR count). The lowest BCUT2D eigenvalue weighted by Crippen LogP contribution is -1.94. The minimum Gasteiger partial charge on any atom is -0.0622 e. The van der Waals surface area contributed by atoms with E-state index in [-0.39, 0.29) is 0 Å². The van der Waals surface area contributed by atoms with E-state index < -0.39 is 0 Å². The zero-order chi connectivity index (χ0) is 22.8. The third-order valence-corrected chi connectivity index (χ3v) is 8.63. The lowest BCUT2D eigenvalue weighted by Gasteiger charge is -2.20. The summed E-state index contributed by atoms with van der Waals surface area (Å²) in [6, 6.07) is 40.0. The summed E-state index contributed by atoms with van der Waals surface area (Å²) < 4.78 is 2.58. The molecule has 0 unspecified atom stereocenters. The Kier molecular flexibility index (Phi) is 4.81. The summed E-state index contributed by atoms with van der Waals surface area (Å²) in [5.74, 6) is 0. The molecule has 0 aromatic heterocycles. The molecule has 0 radical (unpaired) electrons. The summed E-state index contributed by atoms with van der Waals surface area (Å²) in [6.07, 6.45) is 0. The van der Waals surface area contributed by atoms with Gasteiger partial charge in [-0.3, -0.25) is 0 Å². The zero-order valence-corrected chi connectivity index (χ0v) is 22.5. The molecule has 0 bridgehead atoms. The monoisotopic (exact) mass is 656 g/mol. The molecule has 0 atom stereocenters. The van der Waals surface area contributed by atoms with Crippen molar-refractivity contribution in [3.63, 3.8) is 0 Å². The van der Waals surface area contributed by atoms with Crippen LogP contribution in [0, 0.1) is 7.14 Å². The molecular weight excluding hydrogens is 638 g/mol. The van der Waals surface area contributed by atoms with Crippen LogP contribution >= 0.6 is 45.2 Å². The average molecular weight is 656 g/mol. The van der Waals surface area contributed by atoms with Gasteiger partial charge in [-0.2, -0.15) is 0 Å². The highest BCUT2D eigenvalue weighted by molar-refractivity contribution is 14.1. The van der Waals surface area contributed by atoms with Crippen LogP contribution in [0.15, 0.2) is 109 Å². The van der Waals surface area contributed by atoms with Crippen LogP contribution in [0.25, 0.3) is 65.3 Å². The van der Waals surface area contributed by atoms with E-state index in [1.165, 1.54) is 72.5 Å². The maximum atomic E-state index is 2.52.